The highest BCUT2D eigenvalue weighted by atomic mass is 31.0. The molecule has 2 atom stereocenters. The number of hydrogen-bond donors (Lipinski definition) is 1. The molecule has 0 heterocycles. The first kappa shape index (κ1) is 8.86. The molecule has 0 aliphatic heterocycles. The third kappa shape index (κ3) is 2.29. The van der Waals surface area contributed by atoms with Gasteiger partial charge in [0.1, 0.15) is 5.28 Å². The minimum absolute atomic E-state index is 0.282. The summed E-state index contributed by atoms with van der Waals surface area (Å²) in [5, 5.41) is 2.14. The quantitative estimate of drug-likeness (QED) is 0.442. The van der Waals surface area contributed by atoms with Crippen molar-refractivity contribution in [2.24, 2.45) is 0 Å². The van der Waals surface area contributed by atoms with Gasteiger partial charge in [-0.05, 0) is 14.0 Å². The predicted octanol–water partition coefficient (Wildman–Crippen LogP) is -0.0299. The van der Waals surface area contributed by atoms with Crippen LogP contribution in [0.1, 0.15) is 6.92 Å². The highest BCUT2D eigenvalue weighted by Gasteiger charge is 2.25. The molecule has 0 aromatic heterocycles. The summed E-state index contributed by atoms with van der Waals surface area (Å²) in [5.74, 6) is -0.282. The van der Waals surface area contributed by atoms with Gasteiger partial charge < -0.3 is 10.1 Å². The van der Waals surface area contributed by atoms with Crippen LogP contribution in [0.2, 0.25) is 0 Å². The van der Waals surface area contributed by atoms with Crippen LogP contribution < -0.4 is 5.32 Å². The van der Waals surface area contributed by atoms with Crippen LogP contribution >= 0.6 is 9.24 Å². The molecule has 2 unspecified atom stereocenters. The molecule has 1 N–H and O–H groups in total. The van der Waals surface area contributed by atoms with Crippen molar-refractivity contribution in [1.82, 2.24) is 5.32 Å². The van der Waals surface area contributed by atoms with E-state index in [0.717, 1.165) is 0 Å². The van der Waals surface area contributed by atoms with Gasteiger partial charge in [-0.25, -0.2) is 4.79 Å². The molecule has 0 aliphatic carbocycles. The van der Waals surface area contributed by atoms with Crippen molar-refractivity contribution in [2.45, 2.75) is 12.2 Å². The molecular formula is C5H12NO2P. The molecule has 4 heteroatoms. The van der Waals surface area contributed by atoms with E-state index in [0.29, 0.717) is 0 Å². The fourth-order valence-electron chi connectivity index (χ4n) is 0.314. The first-order chi connectivity index (χ1) is 4.04. The monoisotopic (exact) mass is 149 g/mol. The standard InChI is InChI=1S/C5H12NO2P/c1-5(9,6-2)4(7)8-3/h6H,9H2,1-3H3. The Kier molecular flexibility index (Phi) is 3.09. The number of rotatable bonds is 2. The third-order valence-electron chi connectivity index (χ3n) is 1.13. The highest BCUT2D eigenvalue weighted by Crippen LogP contribution is 2.13. The minimum Gasteiger partial charge on any atom is -0.467 e. The molecular weight excluding hydrogens is 137 g/mol. The number of carbonyl (C=O) groups excluding carboxylic acids is 1. The summed E-state index contributed by atoms with van der Waals surface area (Å²) in [6.45, 7) is 1.73. The SMILES string of the molecule is CNC(C)(P)C(=O)OC. The normalized spacial score (nSPS) is 16.4. The van der Waals surface area contributed by atoms with Gasteiger partial charge in [-0.3, -0.25) is 0 Å². The number of methoxy groups -OCH3 is 1. The summed E-state index contributed by atoms with van der Waals surface area (Å²) in [6, 6.07) is 0. The number of esters is 1. The molecule has 3 nitrogen and oxygen atoms in total. The number of likely N-dealkylation sites (N-methyl/N-ethyl adjacent to an activating group) is 1. The maximum Gasteiger partial charge on any atom is 0.329 e. The van der Waals surface area contributed by atoms with Crippen molar-refractivity contribution >= 4 is 15.2 Å². The highest BCUT2D eigenvalue weighted by molar-refractivity contribution is 7.20. The Morgan fingerprint density at radius 3 is 2.33 bits per heavy atom. The lowest BCUT2D eigenvalue weighted by atomic mass is 10.3. The van der Waals surface area contributed by atoms with Gasteiger partial charge in [-0.15, -0.1) is 9.24 Å². The molecule has 0 aromatic carbocycles. The first-order valence-electron chi connectivity index (χ1n) is 2.61. The lowest BCUT2D eigenvalue weighted by Gasteiger charge is -2.19. The zero-order valence-electron chi connectivity index (χ0n) is 5.89. The maximum absolute atomic E-state index is 10.8. The summed E-state index contributed by atoms with van der Waals surface area (Å²) in [4.78, 5) is 10.8. The number of hydrogen-bond acceptors (Lipinski definition) is 3. The molecule has 0 radical (unpaired) electrons. The molecule has 0 rings (SSSR count). The van der Waals surface area contributed by atoms with Crippen LogP contribution in [-0.4, -0.2) is 25.4 Å². The van der Waals surface area contributed by atoms with E-state index < -0.39 is 5.28 Å². The lowest BCUT2D eigenvalue weighted by molar-refractivity contribution is -0.143. The van der Waals surface area contributed by atoms with Gasteiger partial charge in [0.15, 0.2) is 0 Å². The molecule has 9 heavy (non-hydrogen) atoms. The van der Waals surface area contributed by atoms with Gasteiger partial charge in [0, 0.05) is 0 Å². The molecule has 0 aromatic rings. The third-order valence-corrected chi connectivity index (χ3v) is 1.65. The van der Waals surface area contributed by atoms with Gasteiger partial charge in [0.2, 0.25) is 0 Å². The summed E-state index contributed by atoms with van der Waals surface area (Å²) >= 11 is 0. The fraction of sp³-hybridized carbons (Fsp3) is 0.800. The van der Waals surface area contributed by atoms with Gasteiger partial charge >= 0.3 is 5.97 Å². The second-order valence-electron chi connectivity index (χ2n) is 1.94. The predicted molar refractivity (Wildman–Crippen MR) is 39.2 cm³/mol. The van der Waals surface area contributed by atoms with Crippen molar-refractivity contribution in [3.05, 3.63) is 0 Å². The zero-order valence-corrected chi connectivity index (χ0v) is 7.05. The van der Waals surface area contributed by atoms with Gasteiger partial charge in [-0.1, -0.05) is 0 Å². The second-order valence-corrected chi connectivity index (χ2v) is 3.10. The number of ether oxygens (including phenoxy) is 1. The van der Waals surface area contributed by atoms with Gasteiger partial charge in [0.05, 0.1) is 7.11 Å². The minimum atomic E-state index is -0.644. The van der Waals surface area contributed by atoms with E-state index in [1.54, 1.807) is 14.0 Å². The number of carbonyl (C=O) groups is 1. The first-order valence-corrected chi connectivity index (χ1v) is 3.18. The summed E-state index contributed by atoms with van der Waals surface area (Å²) < 4.78 is 4.48. The van der Waals surface area contributed by atoms with Crippen LogP contribution in [0.15, 0.2) is 0 Å². The van der Waals surface area contributed by atoms with Crippen molar-refractivity contribution in [2.75, 3.05) is 14.2 Å². The van der Waals surface area contributed by atoms with E-state index in [9.17, 15) is 4.79 Å². The second kappa shape index (κ2) is 3.14. The average molecular weight is 149 g/mol. The molecule has 0 spiro atoms. The summed E-state index contributed by atoms with van der Waals surface area (Å²) in [6.07, 6.45) is 0. The fourth-order valence-corrected chi connectivity index (χ4v) is 0.432. The van der Waals surface area contributed by atoms with Gasteiger partial charge in [0.25, 0.3) is 0 Å². The Balaban J connectivity index is 3.97. The van der Waals surface area contributed by atoms with Crippen LogP contribution in [-0.2, 0) is 9.53 Å². The molecule has 0 amide bonds. The summed E-state index contributed by atoms with van der Waals surface area (Å²) in [7, 11) is 5.43. The Hall–Kier alpha value is -0.140. The molecule has 0 bridgehead atoms. The molecule has 0 saturated carbocycles. The molecule has 0 fully saturated rings. The van der Waals surface area contributed by atoms with E-state index >= 15 is 0 Å². The van der Waals surface area contributed by atoms with Crippen LogP contribution in [0.3, 0.4) is 0 Å². The van der Waals surface area contributed by atoms with Crippen molar-refractivity contribution in [3.63, 3.8) is 0 Å². The Labute approximate surface area is 57.4 Å². The van der Waals surface area contributed by atoms with E-state index in [1.807, 2.05) is 0 Å². The van der Waals surface area contributed by atoms with E-state index in [-0.39, 0.29) is 5.97 Å². The Morgan fingerprint density at radius 1 is 1.78 bits per heavy atom. The molecule has 0 saturated heterocycles. The van der Waals surface area contributed by atoms with Crippen LogP contribution in [0.5, 0.6) is 0 Å². The lowest BCUT2D eigenvalue weighted by Crippen LogP contribution is -2.42. The summed E-state index contributed by atoms with van der Waals surface area (Å²) in [5.41, 5.74) is 0. The smallest absolute Gasteiger partial charge is 0.329 e. The molecule has 54 valence electrons. The van der Waals surface area contributed by atoms with Crippen molar-refractivity contribution < 1.29 is 9.53 Å². The Bertz CT molecular complexity index is 114. The van der Waals surface area contributed by atoms with Crippen LogP contribution in [0.4, 0.5) is 0 Å². The van der Waals surface area contributed by atoms with Crippen LogP contribution in [0, 0.1) is 0 Å². The van der Waals surface area contributed by atoms with E-state index in [4.69, 9.17) is 0 Å². The van der Waals surface area contributed by atoms with Gasteiger partial charge in [-0.2, -0.15) is 0 Å². The Morgan fingerprint density at radius 2 is 2.22 bits per heavy atom. The van der Waals surface area contributed by atoms with Crippen LogP contribution in [0.25, 0.3) is 0 Å². The maximum atomic E-state index is 10.8. The van der Waals surface area contributed by atoms with E-state index in [1.165, 1.54) is 7.11 Å². The largest absolute Gasteiger partial charge is 0.467 e. The molecule has 0 aliphatic rings. The van der Waals surface area contributed by atoms with E-state index in [2.05, 4.69) is 19.3 Å². The average Bonchev–Trinajstić information content (AvgIpc) is 1.86. The zero-order chi connectivity index (χ0) is 7.49. The number of nitrogens with one attached hydrogen (secondary N) is 1. The topological polar surface area (TPSA) is 38.3 Å². The van der Waals surface area contributed by atoms with Crippen molar-refractivity contribution in [3.8, 4) is 0 Å². The van der Waals surface area contributed by atoms with Crippen molar-refractivity contribution in [1.29, 1.82) is 0 Å².